The first-order valence-corrected chi connectivity index (χ1v) is 0.289. The number of hydrogen-bond acceptors (Lipinski definition) is 1. The van der Waals surface area contributed by atoms with E-state index in [4.69, 9.17) is 4.79 Å². The zero-order chi connectivity index (χ0) is 2.00. The number of carbonyl (C=O) groups excluding carboxylic acids is 1. The topological polar surface area (TPSA) is 17.1 Å². The highest BCUT2D eigenvalue weighted by Gasteiger charge is 0.636. The zero-order valence-electron chi connectivity index (χ0n) is 2.53. The maximum atomic E-state index is 8.00. The number of rotatable bonds is 0. The second kappa shape index (κ2) is 80.4. The van der Waals surface area contributed by atoms with Crippen molar-refractivity contribution in [2.45, 2.75) is 0 Å². The quantitative estimate of drug-likeness (QED) is 0.387. The van der Waals surface area contributed by atoms with Crippen LogP contribution in [0.2, 0.25) is 0 Å². The molecule has 0 saturated carbocycles. The van der Waals surface area contributed by atoms with Crippen molar-refractivity contribution in [1.82, 2.24) is 0 Å². The SMILES string of the molecule is C=O.P.P. The van der Waals surface area contributed by atoms with E-state index in [2.05, 4.69) is 0 Å². The predicted octanol–water partition coefficient (Wildman–Crippen LogP) is -0.0687. The van der Waals surface area contributed by atoms with Crippen LogP contribution in [0.15, 0.2) is 0 Å². The van der Waals surface area contributed by atoms with Gasteiger partial charge in [0.2, 0.25) is 0 Å². The van der Waals surface area contributed by atoms with Crippen LogP contribution in [0.4, 0.5) is 0 Å². The van der Waals surface area contributed by atoms with E-state index in [1.165, 1.54) is 0 Å². The van der Waals surface area contributed by atoms with Gasteiger partial charge in [0.15, 0.2) is 0 Å². The maximum absolute atomic E-state index is 8.00. The Morgan fingerprint density at radius 2 is 1.00 bits per heavy atom. The fraction of sp³-hybridized carbons (Fsp3) is 0. The first kappa shape index (κ1) is 24.1. The minimum atomic E-state index is 0. The lowest BCUT2D eigenvalue weighted by atomic mass is 11.9. The molecule has 0 amide bonds. The third-order valence-corrected chi connectivity index (χ3v) is 0. The highest BCUT2D eigenvalue weighted by atomic mass is 31.0. The van der Waals surface area contributed by atoms with E-state index in [9.17, 15) is 0 Å². The highest BCUT2D eigenvalue weighted by molar-refractivity contribution is 6.92. The molecule has 0 aliphatic rings. The summed E-state index contributed by atoms with van der Waals surface area (Å²) in [5.41, 5.74) is 0. The van der Waals surface area contributed by atoms with Crippen LogP contribution in [-0.4, -0.2) is 6.79 Å². The fourth-order valence-corrected chi connectivity index (χ4v) is 0. The van der Waals surface area contributed by atoms with Crippen molar-refractivity contribution in [3.05, 3.63) is 0 Å². The van der Waals surface area contributed by atoms with Crippen LogP contribution in [0.25, 0.3) is 0 Å². The van der Waals surface area contributed by atoms with Crippen molar-refractivity contribution in [2.75, 3.05) is 0 Å². The number of hydrogen-bond donors (Lipinski definition) is 0. The monoisotopic (exact) mass is 98.0 g/mol. The second-order valence-electron chi connectivity index (χ2n) is 0. The molecule has 0 saturated heterocycles. The van der Waals surface area contributed by atoms with E-state index < -0.39 is 0 Å². The van der Waals surface area contributed by atoms with Gasteiger partial charge in [0.25, 0.3) is 0 Å². The fourth-order valence-electron chi connectivity index (χ4n) is 0. The Balaban J connectivity index is -0.00000000500. The molecule has 2 unspecified atom stereocenters. The summed E-state index contributed by atoms with van der Waals surface area (Å²) >= 11 is 0. The Kier molecular flexibility index (Phi) is 485. The Bertz CT molecular complexity index is 6.00. The minimum Gasteiger partial charge on any atom is -0.307 e. The van der Waals surface area contributed by atoms with Crippen molar-refractivity contribution >= 4 is 26.6 Å². The van der Waals surface area contributed by atoms with Gasteiger partial charge >= 0.3 is 0 Å². The first-order chi connectivity index (χ1) is 1.00. The molecule has 0 aromatic rings. The molecule has 0 rings (SSSR count). The summed E-state index contributed by atoms with van der Waals surface area (Å²) in [7, 11) is 0. The molecule has 4 heavy (non-hydrogen) atoms. The van der Waals surface area contributed by atoms with Crippen molar-refractivity contribution < 1.29 is 4.79 Å². The normalized spacial score (nSPS) is 1.00. The molecular formula is CH8OP2. The summed E-state index contributed by atoms with van der Waals surface area (Å²) in [5, 5.41) is 0. The Morgan fingerprint density at radius 1 is 1.00 bits per heavy atom. The summed E-state index contributed by atoms with van der Waals surface area (Å²) in [4.78, 5) is 8.00. The van der Waals surface area contributed by atoms with E-state index in [0.29, 0.717) is 0 Å². The van der Waals surface area contributed by atoms with Crippen LogP contribution in [0.1, 0.15) is 0 Å². The molecule has 0 heterocycles. The second-order valence-corrected chi connectivity index (χ2v) is 0. The van der Waals surface area contributed by atoms with Gasteiger partial charge in [0.1, 0.15) is 6.79 Å². The average molecular weight is 98.0 g/mol. The van der Waals surface area contributed by atoms with Crippen LogP contribution in [0, 0.1) is 0 Å². The van der Waals surface area contributed by atoms with Gasteiger partial charge in [-0.3, -0.25) is 0 Å². The summed E-state index contributed by atoms with van der Waals surface area (Å²) in [6.07, 6.45) is 0. The van der Waals surface area contributed by atoms with Crippen LogP contribution in [0.3, 0.4) is 0 Å². The lowest BCUT2D eigenvalue weighted by Gasteiger charge is -0.837. The highest BCUT2D eigenvalue weighted by Crippen LogP contribution is 0.862. The summed E-state index contributed by atoms with van der Waals surface area (Å²) in [6, 6.07) is 0. The number of carbonyl (C=O) groups is 1. The van der Waals surface area contributed by atoms with Gasteiger partial charge in [-0.15, -0.1) is 0 Å². The van der Waals surface area contributed by atoms with Gasteiger partial charge in [-0.2, -0.15) is 19.8 Å². The largest absolute Gasteiger partial charge is 0.307 e. The average Bonchev–Trinajstić information content (AvgIpc) is 1.00. The van der Waals surface area contributed by atoms with E-state index in [1.54, 1.807) is 0 Å². The lowest BCUT2D eigenvalue weighted by Crippen LogP contribution is -0.925. The van der Waals surface area contributed by atoms with Crippen molar-refractivity contribution in [3.63, 3.8) is 0 Å². The molecule has 28 valence electrons. The molecule has 0 aliphatic heterocycles. The summed E-state index contributed by atoms with van der Waals surface area (Å²) in [6.45, 7) is 2.00. The van der Waals surface area contributed by atoms with Gasteiger partial charge in [-0.25, -0.2) is 0 Å². The summed E-state index contributed by atoms with van der Waals surface area (Å²) < 4.78 is 0. The van der Waals surface area contributed by atoms with Crippen LogP contribution in [0.5, 0.6) is 0 Å². The van der Waals surface area contributed by atoms with Gasteiger partial charge in [-0.1, -0.05) is 0 Å². The van der Waals surface area contributed by atoms with E-state index in [-0.39, 0.29) is 19.8 Å². The van der Waals surface area contributed by atoms with Crippen molar-refractivity contribution in [2.24, 2.45) is 0 Å². The molecular weight excluding hydrogens is 90.0 g/mol. The van der Waals surface area contributed by atoms with Gasteiger partial charge in [0.05, 0.1) is 0 Å². The van der Waals surface area contributed by atoms with Crippen molar-refractivity contribution in [3.8, 4) is 0 Å². The Hall–Kier alpha value is 0.530. The molecule has 0 fully saturated rings. The molecule has 0 spiro atoms. The van der Waals surface area contributed by atoms with Gasteiger partial charge < -0.3 is 4.79 Å². The van der Waals surface area contributed by atoms with E-state index in [1.807, 2.05) is 6.79 Å². The Labute approximate surface area is 32.4 Å². The molecule has 0 aliphatic carbocycles. The molecule has 0 N–H and O–H groups in total. The molecule has 0 aromatic heterocycles. The summed E-state index contributed by atoms with van der Waals surface area (Å²) in [5.74, 6) is 0. The molecule has 2 atom stereocenters. The predicted molar refractivity (Wildman–Crippen MR) is 29.3 cm³/mol. The van der Waals surface area contributed by atoms with Crippen LogP contribution < -0.4 is 0 Å². The molecule has 0 bridgehead atoms. The standard InChI is InChI=1S/CH2O.2H3P/c1-2;;/h1H2;2*1H3. The molecule has 0 aromatic carbocycles. The van der Waals surface area contributed by atoms with Crippen LogP contribution >= 0.6 is 19.8 Å². The molecule has 3 heteroatoms. The Morgan fingerprint density at radius 3 is 1.00 bits per heavy atom. The van der Waals surface area contributed by atoms with Gasteiger partial charge in [-0.05, 0) is 0 Å². The minimum absolute atomic E-state index is 0. The van der Waals surface area contributed by atoms with Crippen LogP contribution in [-0.2, 0) is 4.79 Å². The smallest absolute Gasteiger partial charge is 0.106 e. The van der Waals surface area contributed by atoms with Crippen molar-refractivity contribution in [1.29, 1.82) is 0 Å². The molecule has 1 nitrogen and oxygen atoms in total. The zero-order valence-corrected chi connectivity index (χ0v) is 5.36. The third-order valence-electron chi connectivity index (χ3n) is 0. The van der Waals surface area contributed by atoms with E-state index >= 15 is 0 Å². The first-order valence-electron chi connectivity index (χ1n) is 0.289. The van der Waals surface area contributed by atoms with E-state index in [0.717, 1.165) is 0 Å². The lowest BCUT2D eigenvalue weighted by molar-refractivity contribution is -0.0979. The third kappa shape index (κ3) is 21.1. The maximum Gasteiger partial charge on any atom is 0.106 e. The molecule has 0 radical (unpaired) electrons. The van der Waals surface area contributed by atoms with Gasteiger partial charge in [0, 0.05) is 0 Å².